The highest BCUT2D eigenvalue weighted by Gasteiger charge is 2.76. The number of aliphatic hydroxyl groups is 6. The summed E-state index contributed by atoms with van der Waals surface area (Å²) in [6.45, 7) is 14.7. The number of benzene rings is 1. The van der Waals surface area contributed by atoms with E-state index in [1.807, 2.05) is 13.8 Å². The molecule has 1 aromatic carbocycles. The molecule has 12 atom stereocenters. The fraction of sp³-hybridized carbons (Fsp3) is 0.718. The summed E-state index contributed by atoms with van der Waals surface area (Å²) in [6.07, 6.45) is -12.0. The van der Waals surface area contributed by atoms with Crippen LogP contribution in [0.25, 0.3) is 0 Å². The maximum atomic E-state index is 13.9. The minimum atomic E-state index is -2.24. The van der Waals surface area contributed by atoms with Crippen LogP contribution >= 0.6 is 0 Å². The van der Waals surface area contributed by atoms with Gasteiger partial charge >= 0.3 is 18.0 Å². The Bertz CT molecular complexity index is 1590. The van der Waals surface area contributed by atoms with Crippen molar-refractivity contribution < 1.29 is 64.0 Å². The van der Waals surface area contributed by atoms with E-state index in [0.717, 1.165) is 0 Å². The summed E-state index contributed by atoms with van der Waals surface area (Å²) >= 11 is 0. The number of amides is 1. The van der Waals surface area contributed by atoms with E-state index in [1.165, 1.54) is 19.1 Å². The number of carbonyl (C=O) groups is 3. The quantitative estimate of drug-likeness (QED) is 0.115. The molecule has 0 radical (unpaired) electrons. The van der Waals surface area contributed by atoms with Crippen LogP contribution in [0.5, 0.6) is 0 Å². The summed E-state index contributed by atoms with van der Waals surface area (Å²) in [6, 6.07) is 6.86. The van der Waals surface area contributed by atoms with Gasteiger partial charge in [-0.1, -0.05) is 52.8 Å². The van der Waals surface area contributed by atoms with Crippen LogP contribution in [0.3, 0.4) is 0 Å². The number of fused-ring (bicyclic) bond motifs is 5. The van der Waals surface area contributed by atoms with Crippen LogP contribution in [-0.4, -0.2) is 121 Å². The van der Waals surface area contributed by atoms with Crippen molar-refractivity contribution in [2.24, 2.45) is 22.7 Å². The molecule has 14 heteroatoms. The third-order valence-corrected chi connectivity index (χ3v) is 12.2. The molecule has 3 aliphatic carbocycles. The Labute approximate surface area is 310 Å². The van der Waals surface area contributed by atoms with Gasteiger partial charge in [0.15, 0.2) is 6.10 Å². The molecule has 0 spiro atoms. The Morgan fingerprint density at radius 3 is 2.19 bits per heavy atom. The van der Waals surface area contributed by atoms with Gasteiger partial charge in [-0.3, -0.25) is 0 Å². The third-order valence-electron chi connectivity index (χ3n) is 12.2. The molecule has 1 amide bonds. The van der Waals surface area contributed by atoms with Gasteiger partial charge in [0.05, 0.1) is 36.5 Å². The van der Waals surface area contributed by atoms with Gasteiger partial charge in [0.2, 0.25) is 0 Å². The second-order valence-corrected chi connectivity index (χ2v) is 17.6. The number of hydrogen-bond donors (Lipinski definition) is 7. The van der Waals surface area contributed by atoms with Crippen molar-refractivity contribution >= 4 is 18.0 Å². The largest absolute Gasteiger partial charge is 0.456 e. The Morgan fingerprint density at radius 2 is 1.64 bits per heavy atom. The second kappa shape index (κ2) is 14.2. The first kappa shape index (κ1) is 41.1. The summed E-state index contributed by atoms with van der Waals surface area (Å²) in [5.74, 6) is -3.49. The topological polar surface area (TPSA) is 222 Å². The number of hydrogen-bond acceptors (Lipinski definition) is 13. The average Bonchev–Trinajstić information content (AvgIpc) is 3.05. The van der Waals surface area contributed by atoms with Gasteiger partial charge in [-0.05, 0) is 63.3 Å². The number of esters is 2. The highest BCUT2D eigenvalue weighted by Crippen LogP contribution is 2.64. The number of ether oxygens (including phenoxy) is 4. The van der Waals surface area contributed by atoms with Gasteiger partial charge in [-0.25, -0.2) is 14.4 Å². The lowest BCUT2D eigenvalue weighted by Gasteiger charge is -2.68. The third kappa shape index (κ3) is 7.00. The van der Waals surface area contributed by atoms with Gasteiger partial charge < -0.3 is 54.9 Å². The average molecular weight is 748 g/mol. The maximum absolute atomic E-state index is 13.9. The molecule has 1 aliphatic heterocycles. The van der Waals surface area contributed by atoms with Crippen molar-refractivity contribution in [3.63, 3.8) is 0 Å². The van der Waals surface area contributed by atoms with Crippen molar-refractivity contribution in [2.45, 2.75) is 147 Å². The summed E-state index contributed by atoms with van der Waals surface area (Å²) in [5.41, 5.74) is -7.73. The first-order chi connectivity index (χ1) is 24.4. The van der Waals surface area contributed by atoms with E-state index in [-0.39, 0.29) is 42.1 Å². The lowest BCUT2D eigenvalue weighted by molar-refractivity contribution is -0.363. The van der Waals surface area contributed by atoms with Crippen molar-refractivity contribution in [2.75, 3.05) is 6.61 Å². The van der Waals surface area contributed by atoms with Gasteiger partial charge in [0, 0.05) is 29.6 Å². The first-order valence-electron chi connectivity index (χ1n) is 18.4. The van der Waals surface area contributed by atoms with E-state index in [4.69, 9.17) is 18.9 Å². The molecule has 1 saturated heterocycles. The van der Waals surface area contributed by atoms with Crippen LogP contribution < -0.4 is 5.32 Å². The Morgan fingerprint density at radius 1 is 1.02 bits per heavy atom. The van der Waals surface area contributed by atoms with Gasteiger partial charge in [-0.15, -0.1) is 0 Å². The van der Waals surface area contributed by atoms with Crippen LogP contribution in [0.1, 0.15) is 91.9 Å². The molecule has 0 aromatic heterocycles. The molecule has 3 fully saturated rings. The van der Waals surface area contributed by atoms with E-state index in [0.29, 0.717) is 0 Å². The molecule has 7 N–H and O–H groups in total. The van der Waals surface area contributed by atoms with Crippen molar-refractivity contribution in [1.29, 1.82) is 0 Å². The maximum Gasteiger partial charge on any atom is 0.407 e. The molecule has 14 nitrogen and oxygen atoms in total. The molecule has 5 rings (SSSR count). The van der Waals surface area contributed by atoms with E-state index in [1.54, 1.807) is 59.7 Å². The number of carbonyl (C=O) groups excluding carboxylic acids is 3. The van der Waals surface area contributed by atoms with Crippen molar-refractivity contribution in [3.05, 3.63) is 47.0 Å². The smallest absolute Gasteiger partial charge is 0.407 e. The van der Waals surface area contributed by atoms with Crippen LogP contribution in [0.4, 0.5) is 4.79 Å². The fourth-order valence-corrected chi connectivity index (χ4v) is 9.21. The summed E-state index contributed by atoms with van der Waals surface area (Å²) in [4.78, 5) is 40.4. The van der Waals surface area contributed by atoms with E-state index >= 15 is 0 Å². The molecule has 53 heavy (non-hydrogen) atoms. The number of nitrogens with one attached hydrogen (secondary N) is 1. The lowest BCUT2D eigenvalue weighted by atomic mass is 9.44. The summed E-state index contributed by atoms with van der Waals surface area (Å²) in [7, 11) is 0. The van der Waals surface area contributed by atoms with Crippen LogP contribution in [0, 0.1) is 22.7 Å². The zero-order chi connectivity index (χ0) is 39.6. The molecule has 0 unspecified atom stereocenters. The van der Waals surface area contributed by atoms with Crippen LogP contribution in [0.15, 0.2) is 41.5 Å². The second-order valence-electron chi connectivity index (χ2n) is 17.6. The lowest BCUT2D eigenvalue weighted by Crippen LogP contribution is -2.81. The van der Waals surface area contributed by atoms with E-state index < -0.39 is 107 Å². The summed E-state index contributed by atoms with van der Waals surface area (Å²) < 4.78 is 23.2. The molecule has 1 aromatic rings. The minimum Gasteiger partial charge on any atom is -0.456 e. The zero-order valence-corrected chi connectivity index (χ0v) is 32.0. The molecular formula is C39H57NO13. The van der Waals surface area contributed by atoms with Crippen LogP contribution in [-0.2, 0) is 23.7 Å². The fourth-order valence-electron chi connectivity index (χ4n) is 9.21. The van der Waals surface area contributed by atoms with E-state index in [9.17, 15) is 45.0 Å². The number of rotatable bonds is 8. The Kier molecular flexibility index (Phi) is 11.0. The van der Waals surface area contributed by atoms with E-state index in [2.05, 4.69) is 5.32 Å². The molecule has 296 valence electrons. The standard InChI is InChI=1S/C39H57NO13/c1-19(2)15-22(40-34(47)53-35(4,5)6)27(42)33(46)51-23-17-39(49)31(52-32(45)21-13-11-10-12-14-21)29-37(9,24(41)16-25-38(29,48)18-50-25)30(44)28(43)26(20(23)3)36(39,7)8/h10-14,19,22-25,27-31,41-44,48-49H,15-18H2,1-9H3,(H,40,47)/t22-,23-,24-,25+,27+,28-,29-,30-,31-,37+,38-,39+/m0/s1. The molecule has 2 saturated carbocycles. The van der Waals surface area contributed by atoms with Gasteiger partial charge in [-0.2, -0.15) is 0 Å². The summed E-state index contributed by atoms with van der Waals surface area (Å²) in [5, 5.41) is 75.2. The highest BCUT2D eigenvalue weighted by molar-refractivity contribution is 5.89. The predicted octanol–water partition coefficient (Wildman–Crippen LogP) is 2.15. The predicted molar refractivity (Wildman–Crippen MR) is 189 cm³/mol. The van der Waals surface area contributed by atoms with Gasteiger partial charge in [0.1, 0.15) is 35.1 Å². The van der Waals surface area contributed by atoms with Crippen molar-refractivity contribution in [3.8, 4) is 0 Å². The SMILES string of the molecule is CC1=C2[C@H](O)[C@H](O)[C@@]3(C)[C@H]([C@H](OC(=O)c4ccccc4)[C@](O)(C[C@@H]1OC(=O)[C@H](O)[C@H](CC(C)C)NC(=O)OC(C)(C)C)C2(C)C)[C@]1(O)CO[C@@H]1C[C@@H]3O. The monoisotopic (exact) mass is 747 g/mol. The van der Waals surface area contributed by atoms with Crippen molar-refractivity contribution in [1.82, 2.24) is 5.32 Å². The minimum absolute atomic E-state index is 0.0725. The number of aliphatic hydroxyl groups excluding tert-OH is 4. The normalized spacial score (nSPS) is 37.5. The molecule has 4 aliphatic rings. The molecule has 2 bridgehead atoms. The molecule has 1 heterocycles. The zero-order valence-electron chi connectivity index (χ0n) is 32.0. The Balaban J connectivity index is 1.61. The highest BCUT2D eigenvalue weighted by atomic mass is 16.6. The number of alkyl carbamates (subject to hydrolysis) is 1. The molecular weight excluding hydrogens is 690 g/mol. The first-order valence-corrected chi connectivity index (χ1v) is 18.4. The Hall–Kier alpha value is -3.11. The van der Waals surface area contributed by atoms with Gasteiger partial charge in [0.25, 0.3) is 0 Å². The van der Waals surface area contributed by atoms with Crippen LogP contribution in [0.2, 0.25) is 0 Å².